The molecule has 0 bridgehead atoms. The Labute approximate surface area is 95.1 Å². The summed E-state index contributed by atoms with van der Waals surface area (Å²) in [6, 6.07) is 13.5. The van der Waals surface area contributed by atoms with Gasteiger partial charge in [0.25, 0.3) is 0 Å². The first-order valence-electron chi connectivity index (χ1n) is 5.14. The zero-order chi connectivity index (χ0) is 11.5. The normalized spacial score (nSPS) is 10.1. The van der Waals surface area contributed by atoms with Crippen molar-refractivity contribution >= 4 is 17.1 Å². The maximum absolute atomic E-state index is 5.96. The number of benzene rings is 2. The van der Waals surface area contributed by atoms with E-state index in [9.17, 15) is 0 Å². The molecule has 0 aromatic heterocycles. The lowest BCUT2D eigenvalue weighted by Gasteiger charge is -2.12. The maximum atomic E-state index is 5.96. The molecular formula is C13H15N3. The van der Waals surface area contributed by atoms with Gasteiger partial charge in [0.1, 0.15) is 0 Å². The second kappa shape index (κ2) is 4.14. The lowest BCUT2D eigenvalue weighted by molar-refractivity contribution is 1.50. The van der Waals surface area contributed by atoms with E-state index in [0.717, 1.165) is 28.2 Å². The SMILES string of the molecule is CNc1ccc(N)cc1-c1ccccc1N. The van der Waals surface area contributed by atoms with Gasteiger partial charge in [0.2, 0.25) is 0 Å². The van der Waals surface area contributed by atoms with Gasteiger partial charge in [0.15, 0.2) is 0 Å². The third kappa shape index (κ3) is 1.80. The van der Waals surface area contributed by atoms with Crippen LogP contribution in [0.25, 0.3) is 11.1 Å². The molecule has 0 aliphatic heterocycles. The lowest BCUT2D eigenvalue weighted by atomic mass is 10.0. The molecular weight excluding hydrogens is 198 g/mol. The van der Waals surface area contributed by atoms with Gasteiger partial charge < -0.3 is 16.8 Å². The summed E-state index contributed by atoms with van der Waals surface area (Å²) in [5.74, 6) is 0. The largest absolute Gasteiger partial charge is 0.399 e. The number of rotatable bonds is 2. The zero-order valence-corrected chi connectivity index (χ0v) is 9.20. The first-order chi connectivity index (χ1) is 7.72. The Balaban J connectivity index is 2.63. The number of nitrogens with one attached hydrogen (secondary N) is 1. The molecule has 0 fully saturated rings. The van der Waals surface area contributed by atoms with Crippen molar-refractivity contribution in [2.24, 2.45) is 0 Å². The van der Waals surface area contributed by atoms with Crippen LogP contribution in [-0.4, -0.2) is 7.05 Å². The van der Waals surface area contributed by atoms with Gasteiger partial charge in [-0.1, -0.05) is 18.2 Å². The van der Waals surface area contributed by atoms with E-state index in [0.29, 0.717) is 0 Å². The fourth-order valence-corrected chi connectivity index (χ4v) is 1.74. The number of hydrogen-bond acceptors (Lipinski definition) is 3. The minimum atomic E-state index is 0.734. The number of hydrogen-bond donors (Lipinski definition) is 3. The monoisotopic (exact) mass is 213 g/mol. The molecule has 0 aliphatic rings. The summed E-state index contributed by atoms with van der Waals surface area (Å²) in [7, 11) is 1.88. The first kappa shape index (κ1) is 10.4. The highest BCUT2D eigenvalue weighted by Gasteiger charge is 2.06. The molecule has 0 amide bonds. The minimum absolute atomic E-state index is 0.734. The quantitative estimate of drug-likeness (QED) is 0.672. The van der Waals surface area contributed by atoms with E-state index in [4.69, 9.17) is 11.5 Å². The van der Waals surface area contributed by atoms with Crippen LogP contribution in [-0.2, 0) is 0 Å². The van der Waals surface area contributed by atoms with Crippen LogP contribution < -0.4 is 16.8 Å². The highest BCUT2D eigenvalue weighted by Crippen LogP contribution is 2.33. The third-order valence-electron chi connectivity index (χ3n) is 2.56. The molecule has 5 N–H and O–H groups in total. The average Bonchev–Trinajstić information content (AvgIpc) is 2.29. The number of anilines is 3. The van der Waals surface area contributed by atoms with Crippen molar-refractivity contribution in [3.8, 4) is 11.1 Å². The van der Waals surface area contributed by atoms with E-state index in [1.165, 1.54) is 0 Å². The zero-order valence-electron chi connectivity index (χ0n) is 9.20. The van der Waals surface area contributed by atoms with E-state index in [1.807, 2.05) is 49.5 Å². The van der Waals surface area contributed by atoms with Crippen molar-refractivity contribution in [2.45, 2.75) is 0 Å². The molecule has 3 heteroatoms. The summed E-state index contributed by atoms with van der Waals surface area (Å²) in [5.41, 5.74) is 16.3. The van der Waals surface area contributed by atoms with E-state index in [-0.39, 0.29) is 0 Å². The maximum Gasteiger partial charge on any atom is 0.0419 e. The molecule has 0 unspecified atom stereocenters. The second-order valence-electron chi connectivity index (χ2n) is 3.64. The number of nitrogens with two attached hydrogens (primary N) is 2. The number of nitrogen functional groups attached to an aromatic ring is 2. The molecule has 0 atom stereocenters. The molecule has 0 aliphatic carbocycles. The van der Waals surface area contributed by atoms with Gasteiger partial charge >= 0.3 is 0 Å². The highest BCUT2D eigenvalue weighted by atomic mass is 14.8. The van der Waals surface area contributed by atoms with Gasteiger partial charge in [-0.2, -0.15) is 0 Å². The first-order valence-corrected chi connectivity index (χ1v) is 5.14. The van der Waals surface area contributed by atoms with Gasteiger partial charge in [0.05, 0.1) is 0 Å². The summed E-state index contributed by atoms with van der Waals surface area (Å²) in [5, 5.41) is 3.14. The van der Waals surface area contributed by atoms with Crippen molar-refractivity contribution in [2.75, 3.05) is 23.8 Å². The lowest BCUT2D eigenvalue weighted by Crippen LogP contribution is -1.96. The molecule has 2 rings (SSSR count). The van der Waals surface area contributed by atoms with Crippen LogP contribution in [0.2, 0.25) is 0 Å². The molecule has 2 aromatic carbocycles. The van der Waals surface area contributed by atoms with Crippen molar-refractivity contribution in [1.29, 1.82) is 0 Å². The topological polar surface area (TPSA) is 64.1 Å². The van der Waals surface area contributed by atoms with Gasteiger partial charge in [-0.05, 0) is 24.3 Å². The average molecular weight is 213 g/mol. The highest BCUT2D eigenvalue weighted by molar-refractivity contribution is 5.86. The summed E-state index contributed by atoms with van der Waals surface area (Å²) in [4.78, 5) is 0. The molecule has 0 radical (unpaired) electrons. The smallest absolute Gasteiger partial charge is 0.0419 e. The van der Waals surface area contributed by atoms with Crippen LogP contribution in [0.1, 0.15) is 0 Å². The molecule has 0 heterocycles. The van der Waals surface area contributed by atoms with Gasteiger partial charge in [0, 0.05) is 35.2 Å². The second-order valence-corrected chi connectivity index (χ2v) is 3.64. The van der Waals surface area contributed by atoms with Crippen LogP contribution in [0.5, 0.6) is 0 Å². The van der Waals surface area contributed by atoms with Crippen molar-refractivity contribution in [3.05, 3.63) is 42.5 Å². The van der Waals surface area contributed by atoms with E-state index >= 15 is 0 Å². The van der Waals surface area contributed by atoms with Crippen molar-refractivity contribution < 1.29 is 0 Å². The van der Waals surface area contributed by atoms with E-state index < -0.39 is 0 Å². The Bertz CT molecular complexity index is 506. The van der Waals surface area contributed by atoms with Crippen molar-refractivity contribution in [1.82, 2.24) is 0 Å². The van der Waals surface area contributed by atoms with E-state index in [2.05, 4.69) is 5.32 Å². The van der Waals surface area contributed by atoms with Crippen LogP contribution in [0, 0.1) is 0 Å². The van der Waals surface area contributed by atoms with Gasteiger partial charge in [-0.15, -0.1) is 0 Å². The van der Waals surface area contributed by atoms with Crippen LogP contribution in [0.3, 0.4) is 0 Å². The molecule has 16 heavy (non-hydrogen) atoms. The Morgan fingerprint density at radius 3 is 2.38 bits per heavy atom. The molecule has 3 nitrogen and oxygen atoms in total. The van der Waals surface area contributed by atoms with Gasteiger partial charge in [-0.3, -0.25) is 0 Å². The molecule has 0 spiro atoms. The summed E-state index contributed by atoms with van der Waals surface area (Å²) >= 11 is 0. The summed E-state index contributed by atoms with van der Waals surface area (Å²) in [6.45, 7) is 0. The Morgan fingerprint density at radius 2 is 1.69 bits per heavy atom. The van der Waals surface area contributed by atoms with Crippen molar-refractivity contribution in [3.63, 3.8) is 0 Å². The van der Waals surface area contributed by atoms with Crippen LogP contribution in [0.4, 0.5) is 17.1 Å². The van der Waals surface area contributed by atoms with E-state index in [1.54, 1.807) is 0 Å². The predicted molar refractivity (Wildman–Crippen MR) is 70.2 cm³/mol. The summed E-state index contributed by atoms with van der Waals surface area (Å²) < 4.78 is 0. The predicted octanol–water partition coefficient (Wildman–Crippen LogP) is 2.56. The Hall–Kier alpha value is -2.16. The Kier molecular flexibility index (Phi) is 2.68. The molecule has 0 saturated carbocycles. The van der Waals surface area contributed by atoms with Crippen LogP contribution in [0.15, 0.2) is 42.5 Å². The Morgan fingerprint density at radius 1 is 0.938 bits per heavy atom. The molecule has 82 valence electrons. The fraction of sp³-hybridized carbons (Fsp3) is 0.0769. The standard InChI is InChI=1S/C13H15N3/c1-16-13-7-6-9(14)8-11(13)10-4-2-3-5-12(10)15/h2-8,16H,14-15H2,1H3. The fourth-order valence-electron chi connectivity index (χ4n) is 1.74. The van der Waals surface area contributed by atoms with Crippen LogP contribution >= 0.6 is 0 Å². The van der Waals surface area contributed by atoms with Gasteiger partial charge in [-0.25, -0.2) is 0 Å². The number of para-hydroxylation sites is 1. The molecule has 2 aromatic rings. The molecule has 0 saturated heterocycles. The third-order valence-corrected chi connectivity index (χ3v) is 2.56. The summed E-state index contributed by atoms with van der Waals surface area (Å²) in [6.07, 6.45) is 0. The minimum Gasteiger partial charge on any atom is -0.399 e.